The molecular weight excluding hydrogens is 265 g/mol. The molecule has 0 heterocycles. The van der Waals surface area contributed by atoms with Crippen molar-refractivity contribution in [3.05, 3.63) is 71.5 Å². The van der Waals surface area contributed by atoms with Gasteiger partial charge in [0.1, 0.15) is 5.82 Å². The fraction of sp³-hybridized carbons (Fsp3) is 0.333. The molecule has 0 aliphatic heterocycles. The van der Waals surface area contributed by atoms with Crippen LogP contribution in [0.15, 0.2) is 54.6 Å². The molecule has 0 aliphatic carbocycles. The van der Waals surface area contributed by atoms with Crippen molar-refractivity contribution in [1.82, 2.24) is 5.32 Å². The van der Waals surface area contributed by atoms with E-state index in [4.69, 9.17) is 0 Å². The summed E-state index contributed by atoms with van der Waals surface area (Å²) < 4.78 is 12.8. The lowest BCUT2D eigenvalue weighted by molar-refractivity contribution is 0.170. The molecule has 0 saturated carbocycles. The maximum absolute atomic E-state index is 12.8. The Bertz CT molecular complexity index is 527. The molecular formula is C18H22FNO. The summed E-state index contributed by atoms with van der Waals surface area (Å²) in [6.45, 7) is 2.63. The molecule has 0 fully saturated rings. The van der Waals surface area contributed by atoms with E-state index in [2.05, 4.69) is 12.2 Å². The highest BCUT2D eigenvalue weighted by Gasteiger charge is 2.09. The molecule has 3 heteroatoms. The summed E-state index contributed by atoms with van der Waals surface area (Å²) in [4.78, 5) is 0. The van der Waals surface area contributed by atoms with Crippen LogP contribution in [0.5, 0.6) is 0 Å². The first-order valence-electron chi connectivity index (χ1n) is 7.36. The highest BCUT2D eigenvalue weighted by Crippen LogP contribution is 2.12. The van der Waals surface area contributed by atoms with Crippen molar-refractivity contribution in [3.8, 4) is 0 Å². The number of benzene rings is 2. The smallest absolute Gasteiger partial charge is 0.123 e. The molecule has 2 aromatic carbocycles. The van der Waals surface area contributed by atoms with Gasteiger partial charge in [-0.2, -0.15) is 0 Å². The third kappa shape index (κ3) is 5.29. The molecule has 21 heavy (non-hydrogen) atoms. The lowest BCUT2D eigenvalue weighted by Crippen LogP contribution is -2.30. The number of rotatable bonds is 7. The van der Waals surface area contributed by atoms with Crippen LogP contribution in [0.4, 0.5) is 4.39 Å². The van der Waals surface area contributed by atoms with Crippen molar-refractivity contribution in [2.24, 2.45) is 0 Å². The summed E-state index contributed by atoms with van der Waals surface area (Å²) in [6, 6.07) is 16.6. The Labute approximate surface area is 125 Å². The van der Waals surface area contributed by atoms with Gasteiger partial charge in [-0.3, -0.25) is 0 Å². The summed E-state index contributed by atoms with van der Waals surface area (Å²) >= 11 is 0. The highest BCUT2D eigenvalue weighted by molar-refractivity contribution is 5.18. The third-order valence-corrected chi connectivity index (χ3v) is 3.62. The molecule has 112 valence electrons. The molecule has 0 bridgehead atoms. The molecule has 0 aromatic heterocycles. The Hall–Kier alpha value is -1.71. The summed E-state index contributed by atoms with van der Waals surface area (Å²) in [5.41, 5.74) is 2.06. The minimum atomic E-state index is -0.487. The van der Waals surface area contributed by atoms with Crippen LogP contribution in [-0.2, 0) is 6.42 Å². The summed E-state index contributed by atoms with van der Waals surface area (Å²) in [6.07, 6.45) is 1.36. The second kappa shape index (κ2) is 7.91. The van der Waals surface area contributed by atoms with Crippen LogP contribution < -0.4 is 5.32 Å². The zero-order valence-corrected chi connectivity index (χ0v) is 12.3. The Morgan fingerprint density at radius 3 is 2.38 bits per heavy atom. The van der Waals surface area contributed by atoms with Gasteiger partial charge >= 0.3 is 0 Å². The molecule has 2 nitrogen and oxygen atoms in total. The van der Waals surface area contributed by atoms with E-state index in [9.17, 15) is 9.50 Å². The molecule has 2 aromatic rings. The van der Waals surface area contributed by atoms with E-state index < -0.39 is 6.10 Å². The van der Waals surface area contributed by atoms with E-state index in [1.165, 1.54) is 12.1 Å². The van der Waals surface area contributed by atoms with Gasteiger partial charge in [0.05, 0.1) is 6.10 Å². The second-order valence-electron chi connectivity index (χ2n) is 5.40. The number of aryl methyl sites for hydroxylation is 1. The molecule has 0 amide bonds. The van der Waals surface area contributed by atoms with E-state index in [1.54, 1.807) is 0 Å². The van der Waals surface area contributed by atoms with Crippen LogP contribution in [0.2, 0.25) is 0 Å². The minimum Gasteiger partial charge on any atom is -0.387 e. The molecule has 0 radical (unpaired) electrons. The Morgan fingerprint density at radius 2 is 1.71 bits per heavy atom. The lowest BCUT2D eigenvalue weighted by atomic mass is 10.1. The second-order valence-corrected chi connectivity index (χ2v) is 5.40. The van der Waals surface area contributed by atoms with Gasteiger partial charge in [0.2, 0.25) is 0 Å². The Balaban J connectivity index is 1.72. The topological polar surface area (TPSA) is 32.3 Å². The molecule has 2 N–H and O–H groups in total. The van der Waals surface area contributed by atoms with Crippen LogP contribution in [0.25, 0.3) is 0 Å². The van der Waals surface area contributed by atoms with Gasteiger partial charge in [-0.25, -0.2) is 4.39 Å². The van der Waals surface area contributed by atoms with Crippen molar-refractivity contribution < 1.29 is 9.50 Å². The number of hydrogen-bond acceptors (Lipinski definition) is 2. The maximum Gasteiger partial charge on any atom is 0.123 e. The number of hydrogen-bond donors (Lipinski definition) is 2. The molecule has 0 aliphatic rings. The predicted molar refractivity (Wildman–Crippen MR) is 83.6 cm³/mol. The van der Waals surface area contributed by atoms with Crippen molar-refractivity contribution in [2.45, 2.75) is 31.9 Å². The third-order valence-electron chi connectivity index (χ3n) is 3.62. The van der Waals surface area contributed by atoms with Crippen LogP contribution >= 0.6 is 0 Å². The SMILES string of the molecule is C[C@H](CCc1ccc(F)cc1)NCC(O)c1ccccc1. The quantitative estimate of drug-likeness (QED) is 0.817. The largest absolute Gasteiger partial charge is 0.387 e. The fourth-order valence-corrected chi connectivity index (χ4v) is 2.24. The maximum atomic E-state index is 12.8. The highest BCUT2D eigenvalue weighted by atomic mass is 19.1. The van der Waals surface area contributed by atoms with Crippen molar-refractivity contribution in [1.29, 1.82) is 0 Å². The van der Waals surface area contributed by atoms with E-state index >= 15 is 0 Å². The van der Waals surface area contributed by atoms with Gasteiger partial charge < -0.3 is 10.4 Å². The van der Waals surface area contributed by atoms with E-state index in [-0.39, 0.29) is 5.82 Å². The van der Waals surface area contributed by atoms with Crippen LogP contribution in [-0.4, -0.2) is 17.7 Å². The van der Waals surface area contributed by atoms with Crippen LogP contribution in [0.1, 0.15) is 30.6 Å². The minimum absolute atomic E-state index is 0.198. The van der Waals surface area contributed by atoms with E-state index in [0.29, 0.717) is 12.6 Å². The number of aliphatic hydroxyl groups is 1. The summed E-state index contributed by atoms with van der Waals surface area (Å²) in [5, 5.41) is 13.4. The monoisotopic (exact) mass is 287 g/mol. The van der Waals surface area contributed by atoms with Gasteiger partial charge in [-0.05, 0) is 43.0 Å². The number of aliphatic hydroxyl groups excluding tert-OH is 1. The Kier molecular flexibility index (Phi) is 5.90. The molecule has 0 saturated heterocycles. The first kappa shape index (κ1) is 15.7. The molecule has 2 rings (SSSR count). The molecule has 1 unspecified atom stereocenters. The average molecular weight is 287 g/mol. The van der Waals surface area contributed by atoms with Gasteiger partial charge in [0.25, 0.3) is 0 Å². The van der Waals surface area contributed by atoms with E-state index in [0.717, 1.165) is 24.0 Å². The molecule has 0 spiro atoms. The fourth-order valence-electron chi connectivity index (χ4n) is 2.24. The zero-order chi connectivity index (χ0) is 15.1. The van der Waals surface area contributed by atoms with E-state index in [1.807, 2.05) is 42.5 Å². The predicted octanol–water partition coefficient (Wildman–Crippen LogP) is 3.47. The molecule has 2 atom stereocenters. The summed E-state index contributed by atoms with van der Waals surface area (Å²) in [7, 11) is 0. The van der Waals surface area contributed by atoms with Crippen molar-refractivity contribution in [3.63, 3.8) is 0 Å². The normalized spacial score (nSPS) is 13.9. The lowest BCUT2D eigenvalue weighted by Gasteiger charge is -2.17. The number of halogens is 1. The van der Waals surface area contributed by atoms with Gasteiger partial charge in [-0.1, -0.05) is 42.5 Å². The number of nitrogens with one attached hydrogen (secondary N) is 1. The van der Waals surface area contributed by atoms with Crippen molar-refractivity contribution in [2.75, 3.05) is 6.54 Å². The van der Waals surface area contributed by atoms with Gasteiger partial charge in [0.15, 0.2) is 0 Å². The van der Waals surface area contributed by atoms with Gasteiger partial charge in [0, 0.05) is 12.6 Å². The first-order chi connectivity index (χ1) is 10.1. The van der Waals surface area contributed by atoms with Crippen LogP contribution in [0, 0.1) is 5.82 Å². The zero-order valence-electron chi connectivity index (χ0n) is 12.3. The summed E-state index contributed by atoms with van der Waals surface area (Å²) in [5.74, 6) is -0.198. The van der Waals surface area contributed by atoms with Crippen molar-refractivity contribution >= 4 is 0 Å². The average Bonchev–Trinajstić information content (AvgIpc) is 2.53. The standard InChI is InChI=1S/C18H22FNO/c1-14(7-8-15-9-11-17(19)12-10-15)20-13-18(21)16-5-3-2-4-6-16/h2-6,9-12,14,18,20-21H,7-8,13H2,1H3/t14-,18?/m1/s1. The van der Waals surface area contributed by atoms with Gasteiger partial charge in [-0.15, -0.1) is 0 Å². The van der Waals surface area contributed by atoms with Crippen LogP contribution in [0.3, 0.4) is 0 Å². The Morgan fingerprint density at radius 1 is 1.05 bits per heavy atom. The first-order valence-corrected chi connectivity index (χ1v) is 7.36.